The second-order valence-electron chi connectivity index (χ2n) is 2.90. The van der Waals surface area contributed by atoms with E-state index in [0.29, 0.717) is 11.0 Å². The molecule has 0 fully saturated rings. The molecule has 0 aliphatic heterocycles. The molecule has 0 saturated heterocycles. The number of benzene rings is 1. The molecule has 0 bridgehead atoms. The number of fused-ring (bicyclic) bond motifs is 1. The third-order valence-electron chi connectivity index (χ3n) is 1.95. The van der Waals surface area contributed by atoms with Crippen molar-refractivity contribution in [3.8, 4) is 0 Å². The lowest BCUT2D eigenvalue weighted by Crippen LogP contribution is -2.40. The molecule has 0 radical (unpaired) electrons. The maximum atomic E-state index is 11.2. The van der Waals surface area contributed by atoms with Gasteiger partial charge in [0.25, 0.3) is 0 Å². The van der Waals surface area contributed by atoms with Crippen molar-refractivity contribution in [2.24, 2.45) is 0 Å². The van der Waals surface area contributed by atoms with Crippen LogP contribution in [0, 0.1) is 0 Å². The van der Waals surface area contributed by atoms with Gasteiger partial charge in [0.2, 0.25) is 0 Å². The van der Waals surface area contributed by atoms with Gasteiger partial charge in [-0.25, -0.2) is 4.79 Å². The fraction of sp³-hybridized carbons (Fsp3) is 0. The molecule has 1 aromatic heterocycles. The molecule has 70 valence electrons. The van der Waals surface area contributed by atoms with Crippen molar-refractivity contribution in [1.82, 2.24) is 0 Å². The molecular formula is C9H7BO4. The largest absolute Gasteiger partial charge is 0.495 e. The topological polar surface area (TPSA) is 70.7 Å². The van der Waals surface area contributed by atoms with E-state index in [0.717, 1.165) is 0 Å². The fourth-order valence-electron chi connectivity index (χ4n) is 1.26. The third kappa shape index (κ3) is 1.43. The van der Waals surface area contributed by atoms with Gasteiger partial charge in [0.1, 0.15) is 5.58 Å². The molecule has 0 atom stereocenters. The van der Waals surface area contributed by atoms with Gasteiger partial charge in [-0.2, -0.15) is 0 Å². The Labute approximate surface area is 79.6 Å². The molecule has 5 heteroatoms. The molecular weight excluding hydrogens is 183 g/mol. The second kappa shape index (κ2) is 3.28. The lowest BCUT2D eigenvalue weighted by Gasteiger charge is -1.99. The summed E-state index contributed by atoms with van der Waals surface area (Å²) in [5, 5.41) is 18.4. The standard InChI is InChI=1S/C9H7BO4/c11-9-7(10(12)13)5-6-3-1-2-4-8(6)14-9/h1-5,12-13H. The molecule has 1 heterocycles. The van der Waals surface area contributed by atoms with E-state index in [1.165, 1.54) is 6.07 Å². The van der Waals surface area contributed by atoms with Crippen LogP contribution in [0.15, 0.2) is 39.5 Å². The molecule has 2 N–H and O–H groups in total. The van der Waals surface area contributed by atoms with Gasteiger partial charge in [0.05, 0.1) is 5.46 Å². The van der Waals surface area contributed by atoms with E-state index in [9.17, 15) is 4.79 Å². The van der Waals surface area contributed by atoms with Crippen LogP contribution in [0.2, 0.25) is 0 Å². The van der Waals surface area contributed by atoms with Crippen LogP contribution >= 0.6 is 0 Å². The zero-order chi connectivity index (χ0) is 10.1. The van der Waals surface area contributed by atoms with Gasteiger partial charge in [-0.3, -0.25) is 0 Å². The molecule has 0 spiro atoms. The van der Waals surface area contributed by atoms with Crippen LogP contribution in [0.4, 0.5) is 0 Å². The van der Waals surface area contributed by atoms with Gasteiger partial charge < -0.3 is 14.5 Å². The number of hydrogen-bond donors (Lipinski definition) is 2. The summed E-state index contributed by atoms with van der Waals surface area (Å²) in [7, 11) is -1.80. The average Bonchev–Trinajstić information content (AvgIpc) is 2.16. The maximum Gasteiger partial charge on any atom is 0.495 e. The first-order valence-corrected chi connectivity index (χ1v) is 4.07. The van der Waals surface area contributed by atoms with E-state index in [-0.39, 0.29) is 5.46 Å². The molecule has 0 amide bonds. The number of rotatable bonds is 1. The van der Waals surface area contributed by atoms with Crippen LogP contribution in [0.5, 0.6) is 0 Å². The second-order valence-corrected chi connectivity index (χ2v) is 2.90. The minimum Gasteiger partial charge on any atom is -0.423 e. The van der Waals surface area contributed by atoms with Gasteiger partial charge in [-0.05, 0) is 12.1 Å². The van der Waals surface area contributed by atoms with Crippen molar-refractivity contribution in [2.75, 3.05) is 0 Å². The Balaban J connectivity index is 2.78. The number of para-hydroxylation sites is 1. The summed E-state index contributed by atoms with van der Waals surface area (Å²) in [5.41, 5.74) is -0.440. The van der Waals surface area contributed by atoms with Crippen molar-refractivity contribution in [2.45, 2.75) is 0 Å². The third-order valence-corrected chi connectivity index (χ3v) is 1.95. The van der Waals surface area contributed by atoms with Gasteiger partial charge in [0.15, 0.2) is 0 Å². The zero-order valence-corrected chi connectivity index (χ0v) is 7.18. The predicted octanol–water partition coefficient (Wildman–Crippen LogP) is -0.527. The lowest BCUT2D eigenvalue weighted by atomic mass is 9.81. The van der Waals surface area contributed by atoms with Crippen LogP contribution < -0.4 is 11.1 Å². The number of hydrogen-bond acceptors (Lipinski definition) is 4. The predicted molar refractivity (Wildman–Crippen MR) is 52.3 cm³/mol. The molecule has 4 nitrogen and oxygen atoms in total. The first-order valence-electron chi connectivity index (χ1n) is 4.07. The normalized spacial score (nSPS) is 10.4. The Morgan fingerprint density at radius 2 is 1.93 bits per heavy atom. The molecule has 2 aromatic rings. The van der Waals surface area contributed by atoms with Crippen molar-refractivity contribution in [1.29, 1.82) is 0 Å². The van der Waals surface area contributed by atoms with E-state index in [1.54, 1.807) is 24.3 Å². The molecule has 1 aromatic carbocycles. The molecule has 0 unspecified atom stereocenters. The monoisotopic (exact) mass is 190 g/mol. The van der Waals surface area contributed by atoms with E-state index in [4.69, 9.17) is 14.5 Å². The summed E-state index contributed by atoms with van der Waals surface area (Å²) in [6, 6.07) is 8.29. The molecule has 0 saturated carbocycles. The highest BCUT2D eigenvalue weighted by Crippen LogP contribution is 2.08. The van der Waals surface area contributed by atoms with Gasteiger partial charge >= 0.3 is 12.7 Å². The van der Waals surface area contributed by atoms with Crippen molar-refractivity contribution in [3.63, 3.8) is 0 Å². The minimum atomic E-state index is -1.80. The van der Waals surface area contributed by atoms with Crippen molar-refractivity contribution >= 4 is 23.6 Å². The summed E-state index contributed by atoms with van der Waals surface area (Å²) < 4.78 is 4.88. The quantitative estimate of drug-likeness (QED) is 0.468. The lowest BCUT2D eigenvalue weighted by molar-refractivity contribution is 0.422. The first-order chi connectivity index (χ1) is 6.68. The molecule has 0 aliphatic carbocycles. The Bertz CT molecular complexity index is 517. The van der Waals surface area contributed by atoms with E-state index in [1.807, 2.05) is 0 Å². The Hall–Kier alpha value is -1.59. The zero-order valence-electron chi connectivity index (χ0n) is 7.18. The van der Waals surface area contributed by atoms with E-state index >= 15 is 0 Å². The fourth-order valence-corrected chi connectivity index (χ4v) is 1.26. The maximum absolute atomic E-state index is 11.2. The first kappa shape index (κ1) is 8.99. The molecule has 0 aliphatic rings. The van der Waals surface area contributed by atoms with Crippen LogP contribution in [0.1, 0.15) is 0 Å². The smallest absolute Gasteiger partial charge is 0.423 e. The summed E-state index contributed by atoms with van der Waals surface area (Å²) in [6.07, 6.45) is 0. The minimum absolute atomic E-state index is 0.149. The highest BCUT2D eigenvalue weighted by Gasteiger charge is 2.17. The summed E-state index contributed by atoms with van der Waals surface area (Å²) in [5.74, 6) is 0. The van der Waals surface area contributed by atoms with Crippen LogP contribution in [-0.2, 0) is 0 Å². The summed E-state index contributed by atoms with van der Waals surface area (Å²) >= 11 is 0. The van der Waals surface area contributed by atoms with E-state index < -0.39 is 12.7 Å². The van der Waals surface area contributed by atoms with Crippen molar-refractivity contribution in [3.05, 3.63) is 40.8 Å². The van der Waals surface area contributed by atoms with Crippen molar-refractivity contribution < 1.29 is 14.5 Å². The highest BCUT2D eigenvalue weighted by molar-refractivity contribution is 6.58. The Kier molecular flexibility index (Phi) is 2.11. The molecule has 2 rings (SSSR count). The van der Waals surface area contributed by atoms with Gasteiger partial charge in [-0.1, -0.05) is 18.2 Å². The highest BCUT2D eigenvalue weighted by atomic mass is 16.4. The molecule has 14 heavy (non-hydrogen) atoms. The van der Waals surface area contributed by atoms with Crippen LogP contribution in [0.3, 0.4) is 0 Å². The summed E-state index contributed by atoms with van der Waals surface area (Å²) in [4.78, 5) is 11.2. The van der Waals surface area contributed by atoms with E-state index in [2.05, 4.69) is 0 Å². The Morgan fingerprint density at radius 3 is 2.64 bits per heavy atom. The average molecular weight is 190 g/mol. The van der Waals surface area contributed by atoms with Gasteiger partial charge in [0, 0.05) is 5.39 Å². The summed E-state index contributed by atoms with van der Waals surface area (Å²) in [6.45, 7) is 0. The SMILES string of the molecule is O=c1oc2ccccc2cc1B(O)O. The van der Waals surface area contributed by atoms with Gasteiger partial charge in [-0.15, -0.1) is 0 Å². The van der Waals surface area contributed by atoms with Crippen LogP contribution in [-0.4, -0.2) is 17.2 Å². The Morgan fingerprint density at radius 1 is 1.21 bits per heavy atom. The van der Waals surface area contributed by atoms with Crippen LogP contribution in [0.25, 0.3) is 11.0 Å².